The van der Waals surface area contributed by atoms with Crippen molar-refractivity contribution >= 4 is 34.3 Å². The van der Waals surface area contributed by atoms with Crippen LogP contribution in [0.2, 0.25) is 0 Å². The van der Waals surface area contributed by atoms with Gasteiger partial charge in [0.2, 0.25) is 5.43 Å². The molecule has 240 valence electrons. The standard InChI is InChI=1S/C31H30F2N6O7/c1-2-6-36-14-22(30(41)42)28(40)21-10-24(33)27-29(26(21)36)45-16-19-8-17(11-38(19)27)15-44-25-4-3-18(9-23(25)32)39-13-20(46-31(39)43)12-37-7-5-34-35-37/h3-5,7,9-10,14,17,19-20H,2,6,8,11-13,15-16H2,1H3,(H,41,42). The molecule has 2 aromatic carbocycles. The van der Waals surface area contributed by atoms with E-state index in [0.29, 0.717) is 43.7 Å². The smallest absolute Gasteiger partial charge is 0.414 e. The third kappa shape index (κ3) is 5.14. The van der Waals surface area contributed by atoms with Gasteiger partial charge < -0.3 is 28.8 Å². The summed E-state index contributed by atoms with van der Waals surface area (Å²) >= 11 is 0. The molecule has 0 aliphatic carbocycles. The summed E-state index contributed by atoms with van der Waals surface area (Å²) in [7, 11) is 0. The number of aromatic nitrogens is 4. The highest BCUT2D eigenvalue weighted by molar-refractivity contribution is 5.97. The summed E-state index contributed by atoms with van der Waals surface area (Å²) in [5.41, 5.74) is -0.284. The third-order valence-electron chi connectivity index (χ3n) is 8.59. The van der Waals surface area contributed by atoms with Crippen molar-refractivity contribution < 1.29 is 37.7 Å². The van der Waals surface area contributed by atoms with Crippen molar-refractivity contribution in [3.8, 4) is 11.5 Å². The van der Waals surface area contributed by atoms with Gasteiger partial charge in [-0.1, -0.05) is 12.1 Å². The lowest BCUT2D eigenvalue weighted by atomic mass is 10.1. The summed E-state index contributed by atoms with van der Waals surface area (Å²) in [4.78, 5) is 40.4. The van der Waals surface area contributed by atoms with E-state index in [2.05, 4.69) is 10.3 Å². The van der Waals surface area contributed by atoms with Crippen molar-refractivity contribution in [3.05, 3.63) is 70.3 Å². The van der Waals surface area contributed by atoms with Gasteiger partial charge in [-0.15, -0.1) is 5.10 Å². The first-order chi connectivity index (χ1) is 22.2. The molecular formula is C31H30F2N6O7. The second kappa shape index (κ2) is 11.6. The Hall–Kier alpha value is -5.21. The molecule has 0 saturated carbocycles. The number of amides is 1. The Balaban J connectivity index is 1.06. The van der Waals surface area contributed by atoms with Crippen LogP contribution < -0.4 is 24.7 Å². The lowest BCUT2D eigenvalue weighted by Gasteiger charge is -2.34. The molecule has 5 heterocycles. The minimum Gasteiger partial charge on any atom is -0.490 e. The number of pyridine rings is 1. The fraction of sp³-hybridized carbons (Fsp3) is 0.387. The van der Waals surface area contributed by atoms with Crippen molar-refractivity contribution in [2.24, 2.45) is 5.92 Å². The highest BCUT2D eigenvalue weighted by atomic mass is 19.1. The molecule has 0 radical (unpaired) electrons. The quantitative estimate of drug-likeness (QED) is 0.289. The molecule has 4 aromatic rings. The summed E-state index contributed by atoms with van der Waals surface area (Å²) in [6.07, 6.45) is 4.67. The first-order valence-electron chi connectivity index (χ1n) is 15.0. The van der Waals surface area contributed by atoms with E-state index in [-0.39, 0.29) is 54.3 Å². The summed E-state index contributed by atoms with van der Waals surface area (Å²) in [5, 5.41) is 17.1. The number of halogens is 2. The van der Waals surface area contributed by atoms with Crippen molar-refractivity contribution in [1.29, 1.82) is 0 Å². The molecule has 2 aromatic heterocycles. The zero-order valence-electron chi connectivity index (χ0n) is 24.8. The van der Waals surface area contributed by atoms with E-state index in [1.165, 1.54) is 29.4 Å². The maximum Gasteiger partial charge on any atom is 0.414 e. The summed E-state index contributed by atoms with van der Waals surface area (Å²) in [5.74, 6) is -2.56. The molecule has 3 unspecified atom stereocenters. The molecule has 7 rings (SSSR count). The number of hydrogen-bond acceptors (Lipinski definition) is 9. The molecule has 15 heteroatoms. The number of anilines is 2. The molecule has 46 heavy (non-hydrogen) atoms. The number of fused-ring (bicyclic) bond motifs is 5. The third-order valence-corrected chi connectivity index (χ3v) is 8.59. The predicted octanol–water partition coefficient (Wildman–Crippen LogP) is 3.67. The van der Waals surface area contributed by atoms with Gasteiger partial charge in [-0.25, -0.2) is 23.1 Å². The number of carboxylic acid groups (broad SMARTS) is 1. The lowest BCUT2D eigenvalue weighted by Crippen LogP contribution is -2.39. The van der Waals surface area contributed by atoms with E-state index in [0.717, 1.165) is 6.07 Å². The molecule has 2 fully saturated rings. The summed E-state index contributed by atoms with van der Waals surface area (Å²) < 4.78 is 51.3. The number of carbonyl (C=O) groups is 2. The number of carbonyl (C=O) groups excluding carboxylic acids is 1. The first-order valence-corrected chi connectivity index (χ1v) is 15.0. The minimum atomic E-state index is -1.38. The maximum absolute atomic E-state index is 15.7. The van der Waals surface area contributed by atoms with Crippen LogP contribution in [0.4, 0.5) is 25.0 Å². The number of cyclic esters (lactones) is 1. The van der Waals surface area contributed by atoms with Crippen LogP contribution in [0.5, 0.6) is 11.5 Å². The minimum absolute atomic E-state index is 0.0204. The fourth-order valence-electron chi connectivity index (χ4n) is 6.56. The van der Waals surface area contributed by atoms with Gasteiger partial charge in [0.05, 0.1) is 48.5 Å². The van der Waals surface area contributed by atoms with Gasteiger partial charge in [0.1, 0.15) is 24.0 Å². The van der Waals surface area contributed by atoms with Crippen LogP contribution in [-0.4, -0.2) is 75.2 Å². The van der Waals surface area contributed by atoms with Gasteiger partial charge >= 0.3 is 12.1 Å². The Kier molecular flexibility index (Phi) is 7.45. The van der Waals surface area contributed by atoms with Crippen LogP contribution in [0, 0.1) is 17.6 Å². The topological polar surface area (TPSA) is 141 Å². The first kappa shape index (κ1) is 29.5. The Morgan fingerprint density at radius 3 is 2.76 bits per heavy atom. The predicted molar refractivity (Wildman–Crippen MR) is 160 cm³/mol. The zero-order chi connectivity index (χ0) is 32.1. The second-order valence-electron chi connectivity index (χ2n) is 11.7. The van der Waals surface area contributed by atoms with E-state index in [1.54, 1.807) is 21.5 Å². The average Bonchev–Trinajstić information content (AvgIpc) is 3.78. The van der Waals surface area contributed by atoms with Gasteiger partial charge in [-0.3, -0.25) is 9.69 Å². The molecule has 0 bridgehead atoms. The van der Waals surface area contributed by atoms with Crippen LogP contribution >= 0.6 is 0 Å². The van der Waals surface area contributed by atoms with Gasteiger partial charge in [0.25, 0.3) is 0 Å². The van der Waals surface area contributed by atoms with E-state index in [9.17, 15) is 19.5 Å². The van der Waals surface area contributed by atoms with Crippen LogP contribution in [0.3, 0.4) is 0 Å². The normalized spacial score (nSPS) is 20.4. The Morgan fingerprint density at radius 1 is 1.17 bits per heavy atom. The molecule has 3 atom stereocenters. The Labute approximate surface area is 260 Å². The fourth-order valence-corrected chi connectivity index (χ4v) is 6.56. The highest BCUT2D eigenvalue weighted by Gasteiger charge is 2.41. The molecule has 1 N–H and O–H groups in total. The number of carboxylic acids is 1. The van der Waals surface area contributed by atoms with Gasteiger partial charge in [-0.2, -0.15) is 0 Å². The van der Waals surface area contributed by atoms with Crippen molar-refractivity contribution in [1.82, 2.24) is 19.6 Å². The Bertz CT molecular complexity index is 1900. The van der Waals surface area contributed by atoms with Gasteiger partial charge in [-0.05, 0) is 31.0 Å². The van der Waals surface area contributed by atoms with E-state index >= 15 is 8.78 Å². The molecule has 3 aliphatic rings. The molecule has 1 amide bonds. The summed E-state index contributed by atoms with van der Waals surface area (Å²) in [6.45, 7) is 3.66. The van der Waals surface area contributed by atoms with E-state index in [1.807, 2.05) is 11.8 Å². The molecular weight excluding hydrogens is 606 g/mol. The van der Waals surface area contributed by atoms with Crippen LogP contribution in [0.1, 0.15) is 30.1 Å². The zero-order valence-corrected chi connectivity index (χ0v) is 24.8. The number of benzene rings is 2. The van der Waals surface area contributed by atoms with Gasteiger partial charge in [0.15, 0.2) is 23.1 Å². The number of ether oxygens (including phenoxy) is 3. The maximum atomic E-state index is 15.7. The second-order valence-corrected chi connectivity index (χ2v) is 11.7. The average molecular weight is 637 g/mol. The van der Waals surface area contributed by atoms with Crippen molar-refractivity contribution in [2.75, 3.05) is 36.1 Å². The molecule has 3 aliphatic heterocycles. The van der Waals surface area contributed by atoms with Crippen LogP contribution in [0.15, 0.2) is 47.7 Å². The molecule has 13 nitrogen and oxygen atoms in total. The van der Waals surface area contributed by atoms with E-state index < -0.39 is 40.8 Å². The lowest BCUT2D eigenvalue weighted by molar-refractivity contribution is 0.0694. The largest absolute Gasteiger partial charge is 0.490 e. The van der Waals surface area contributed by atoms with Crippen molar-refractivity contribution in [3.63, 3.8) is 0 Å². The number of hydrogen-bond donors (Lipinski definition) is 1. The number of aromatic carboxylic acids is 1. The Morgan fingerprint density at radius 2 is 2.02 bits per heavy atom. The SMILES string of the molecule is CCCn1cc(C(=O)O)c(=O)c2cc(F)c3c(c21)OCC1CC(COc2ccc(N4CC(Cn5ccnn5)OC4=O)cc2F)CN31. The molecule has 2 saturated heterocycles. The number of rotatable bonds is 9. The van der Waals surface area contributed by atoms with Gasteiger partial charge in [0, 0.05) is 37.5 Å². The van der Waals surface area contributed by atoms with Crippen LogP contribution in [0.25, 0.3) is 10.9 Å². The van der Waals surface area contributed by atoms with Crippen LogP contribution in [-0.2, 0) is 17.8 Å². The highest BCUT2D eigenvalue weighted by Crippen LogP contribution is 2.45. The number of nitrogens with zero attached hydrogens (tertiary/aromatic N) is 6. The summed E-state index contributed by atoms with van der Waals surface area (Å²) in [6, 6.07) is 5.20. The number of aryl methyl sites for hydroxylation is 1. The monoisotopic (exact) mass is 636 g/mol. The van der Waals surface area contributed by atoms with Crippen molar-refractivity contribution in [2.45, 2.75) is 45.0 Å². The molecule has 0 spiro atoms. The van der Waals surface area contributed by atoms with E-state index in [4.69, 9.17) is 14.2 Å².